The first kappa shape index (κ1) is 13.6. The van der Waals surface area contributed by atoms with Gasteiger partial charge in [0.2, 0.25) is 10.0 Å². The van der Waals surface area contributed by atoms with Gasteiger partial charge in [-0.2, -0.15) is 0 Å². The van der Waals surface area contributed by atoms with Gasteiger partial charge in [-0.25, -0.2) is 17.9 Å². The zero-order chi connectivity index (χ0) is 13.1. The summed E-state index contributed by atoms with van der Waals surface area (Å²) in [5.41, 5.74) is 0.274. The third kappa shape index (κ3) is 3.02. The third-order valence-corrected chi connectivity index (χ3v) is 3.61. The van der Waals surface area contributed by atoms with Crippen LogP contribution in [0.5, 0.6) is 0 Å². The van der Waals surface area contributed by atoms with Gasteiger partial charge in [0.05, 0.1) is 4.90 Å². The highest BCUT2D eigenvalue weighted by Gasteiger charge is 2.21. The van der Waals surface area contributed by atoms with E-state index in [-0.39, 0.29) is 10.5 Å². The van der Waals surface area contributed by atoms with Gasteiger partial charge in [0, 0.05) is 7.11 Å². The fourth-order valence-corrected chi connectivity index (χ4v) is 2.13. The number of hydrogen-bond acceptors (Lipinski definition) is 4. The maximum Gasteiger partial charge on any atom is 0.337 e. The number of carboxylic acids is 1. The molecule has 1 aromatic rings. The third-order valence-electron chi connectivity index (χ3n) is 2.20. The molecule has 1 rings (SSSR count). The molecule has 0 heterocycles. The fourth-order valence-electron chi connectivity index (χ4n) is 1.34. The Labute approximate surface area is 99.3 Å². The summed E-state index contributed by atoms with van der Waals surface area (Å²) in [5, 5.41) is 8.89. The van der Waals surface area contributed by atoms with E-state index in [1.165, 1.54) is 38.4 Å². The maximum absolute atomic E-state index is 11.5. The van der Waals surface area contributed by atoms with Crippen molar-refractivity contribution in [3.63, 3.8) is 0 Å². The Morgan fingerprint density at radius 3 is 2.59 bits per heavy atom. The Kier molecular flexibility index (Phi) is 4.22. The van der Waals surface area contributed by atoms with Crippen LogP contribution < -0.4 is 4.72 Å². The second kappa shape index (κ2) is 5.26. The van der Waals surface area contributed by atoms with Gasteiger partial charge >= 0.3 is 5.97 Å². The molecular formula is C10H13NO5S. The van der Waals surface area contributed by atoms with Gasteiger partial charge in [-0.05, 0) is 24.7 Å². The highest BCUT2D eigenvalue weighted by molar-refractivity contribution is 7.89. The monoisotopic (exact) mass is 259 g/mol. The van der Waals surface area contributed by atoms with Crippen LogP contribution >= 0.6 is 0 Å². The second-order valence-corrected chi connectivity index (χ2v) is 5.12. The zero-order valence-corrected chi connectivity index (χ0v) is 10.2. The molecule has 0 aliphatic heterocycles. The zero-order valence-electron chi connectivity index (χ0n) is 9.38. The topological polar surface area (TPSA) is 92.7 Å². The lowest BCUT2D eigenvalue weighted by Gasteiger charge is -2.11. The molecule has 2 N–H and O–H groups in total. The lowest BCUT2D eigenvalue weighted by Crippen LogP contribution is -2.19. The van der Waals surface area contributed by atoms with Crippen molar-refractivity contribution < 1.29 is 23.1 Å². The minimum atomic E-state index is -3.59. The number of carbonyl (C=O) groups is 1. The molecule has 0 aromatic heterocycles. The van der Waals surface area contributed by atoms with E-state index in [0.29, 0.717) is 0 Å². The van der Waals surface area contributed by atoms with E-state index in [4.69, 9.17) is 9.84 Å². The van der Waals surface area contributed by atoms with Crippen molar-refractivity contribution in [2.45, 2.75) is 11.0 Å². The Morgan fingerprint density at radius 1 is 1.47 bits per heavy atom. The second-order valence-electron chi connectivity index (χ2n) is 3.23. The van der Waals surface area contributed by atoms with Crippen LogP contribution in [0.1, 0.15) is 11.7 Å². The van der Waals surface area contributed by atoms with Gasteiger partial charge < -0.3 is 9.84 Å². The Balaban J connectivity index is 3.22. The summed E-state index contributed by atoms with van der Waals surface area (Å²) in [6.45, 7) is 0. The first-order valence-corrected chi connectivity index (χ1v) is 6.20. The first-order chi connectivity index (χ1) is 7.92. The summed E-state index contributed by atoms with van der Waals surface area (Å²) in [6, 6.07) is 5.61. The molecule has 0 fully saturated rings. The predicted octanol–water partition coefficient (Wildman–Crippen LogP) is 0.367. The largest absolute Gasteiger partial charge is 0.479 e. The van der Waals surface area contributed by atoms with Gasteiger partial charge in [0.15, 0.2) is 6.10 Å². The molecule has 1 atom stereocenters. The minimum absolute atomic E-state index is 0.000741. The number of benzene rings is 1. The summed E-state index contributed by atoms with van der Waals surface area (Å²) in [5.74, 6) is -1.17. The molecular weight excluding hydrogens is 246 g/mol. The molecule has 0 amide bonds. The Hall–Kier alpha value is -1.44. The van der Waals surface area contributed by atoms with E-state index in [1.807, 2.05) is 0 Å². The van der Waals surface area contributed by atoms with Crippen LogP contribution in [-0.2, 0) is 19.6 Å². The number of aliphatic carboxylic acids is 1. The summed E-state index contributed by atoms with van der Waals surface area (Å²) < 4.78 is 30.0. The first-order valence-electron chi connectivity index (χ1n) is 4.71. The van der Waals surface area contributed by atoms with E-state index in [9.17, 15) is 13.2 Å². The number of sulfonamides is 1. The number of methoxy groups -OCH3 is 1. The summed E-state index contributed by atoms with van der Waals surface area (Å²) >= 11 is 0. The molecule has 6 nitrogen and oxygen atoms in total. The quantitative estimate of drug-likeness (QED) is 0.796. The molecule has 1 unspecified atom stereocenters. The van der Waals surface area contributed by atoms with Gasteiger partial charge in [-0.15, -0.1) is 0 Å². The molecule has 0 saturated heterocycles. The minimum Gasteiger partial charge on any atom is -0.479 e. The van der Waals surface area contributed by atoms with E-state index in [2.05, 4.69) is 4.72 Å². The average Bonchev–Trinajstić information content (AvgIpc) is 2.30. The normalized spacial score (nSPS) is 13.3. The highest BCUT2D eigenvalue weighted by Crippen LogP contribution is 2.20. The number of carboxylic acid groups (broad SMARTS) is 1. The molecule has 0 spiro atoms. The molecule has 17 heavy (non-hydrogen) atoms. The molecule has 0 bridgehead atoms. The SMILES string of the molecule is CNS(=O)(=O)c1cccc(C(OC)C(=O)O)c1. The van der Waals surface area contributed by atoms with Crippen molar-refractivity contribution in [3.8, 4) is 0 Å². The van der Waals surface area contributed by atoms with Crippen LogP contribution in [0.15, 0.2) is 29.2 Å². The number of rotatable bonds is 5. The molecule has 0 radical (unpaired) electrons. The summed E-state index contributed by atoms with van der Waals surface area (Å²) in [4.78, 5) is 10.9. The van der Waals surface area contributed by atoms with Gasteiger partial charge in [0.1, 0.15) is 0 Å². The highest BCUT2D eigenvalue weighted by atomic mass is 32.2. The Morgan fingerprint density at radius 2 is 2.12 bits per heavy atom. The molecule has 0 saturated carbocycles. The van der Waals surface area contributed by atoms with Crippen molar-refractivity contribution >= 4 is 16.0 Å². The lowest BCUT2D eigenvalue weighted by atomic mass is 10.1. The molecule has 1 aromatic carbocycles. The van der Waals surface area contributed by atoms with E-state index in [1.54, 1.807) is 0 Å². The Bertz CT molecular complexity index is 511. The molecule has 0 aliphatic rings. The van der Waals surface area contributed by atoms with Crippen LogP contribution in [0.3, 0.4) is 0 Å². The maximum atomic E-state index is 11.5. The van der Waals surface area contributed by atoms with Crippen LogP contribution in [0.2, 0.25) is 0 Å². The molecule has 94 valence electrons. The summed E-state index contributed by atoms with van der Waals surface area (Å²) in [7, 11) is -1.05. The lowest BCUT2D eigenvalue weighted by molar-refractivity contribution is -0.148. The van der Waals surface area contributed by atoms with E-state index in [0.717, 1.165) is 0 Å². The van der Waals surface area contributed by atoms with Crippen molar-refractivity contribution in [2.24, 2.45) is 0 Å². The van der Waals surface area contributed by atoms with E-state index < -0.39 is 22.1 Å². The fraction of sp³-hybridized carbons (Fsp3) is 0.300. The predicted molar refractivity (Wildman–Crippen MR) is 60.1 cm³/mol. The standard InChI is InChI=1S/C10H13NO5S/c1-11-17(14,15)8-5-3-4-7(6-8)9(16-2)10(12)13/h3-6,9,11H,1-2H3,(H,12,13). The van der Waals surface area contributed by atoms with Crippen molar-refractivity contribution in [2.75, 3.05) is 14.2 Å². The van der Waals surface area contributed by atoms with Gasteiger partial charge in [-0.1, -0.05) is 12.1 Å². The van der Waals surface area contributed by atoms with Crippen molar-refractivity contribution in [1.82, 2.24) is 4.72 Å². The van der Waals surface area contributed by atoms with Crippen molar-refractivity contribution in [1.29, 1.82) is 0 Å². The smallest absolute Gasteiger partial charge is 0.337 e. The average molecular weight is 259 g/mol. The molecule has 7 heteroatoms. The summed E-state index contributed by atoms with van der Waals surface area (Å²) in [6.07, 6.45) is -1.18. The molecule has 0 aliphatic carbocycles. The van der Waals surface area contributed by atoms with Crippen LogP contribution in [0, 0.1) is 0 Å². The van der Waals surface area contributed by atoms with Gasteiger partial charge in [0.25, 0.3) is 0 Å². The van der Waals surface area contributed by atoms with Crippen LogP contribution in [0.4, 0.5) is 0 Å². The number of hydrogen-bond donors (Lipinski definition) is 2. The van der Waals surface area contributed by atoms with Gasteiger partial charge in [-0.3, -0.25) is 0 Å². The number of ether oxygens (including phenoxy) is 1. The van der Waals surface area contributed by atoms with Crippen molar-refractivity contribution in [3.05, 3.63) is 29.8 Å². The van der Waals surface area contributed by atoms with E-state index >= 15 is 0 Å². The van der Waals surface area contributed by atoms with Crippen LogP contribution in [0.25, 0.3) is 0 Å². The van der Waals surface area contributed by atoms with Crippen LogP contribution in [-0.4, -0.2) is 33.7 Å². The number of nitrogens with one attached hydrogen (secondary N) is 1.